The monoisotopic (exact) mass is 720 g/mol. The molecule has 0 atom stereocenters. The van der Waals surface area contributed by atoms with Gasteiger partial charge in [-0.1, -0.05) is 176 Å². The normalized spacial score (nSPS) is 12.5. The van der Waals surface area contributed by atoms with Crippen LogP contribution in [0, 0.1) is 0 Å². The van der Waals surface area contributed by atoms with E-state index in [-0.39, 0.29) is 29.7 Å². The van der Waals surface area contributed by atoms with Crippen molar-refractivity contribution in [2.24, 2.45) is 0 Å². The summed E-state index contributed by atoms with van der Waals surface area (Å²) in [4.78, 5) is 2.22. The molecule has 0 bridgehead atoms. The zero-order valence-corrected chi connectivity index (χ0v) is 30.3. The Balaban J connectivity index is 1.12. The van der Waals surface area contributed by atoms with E-state index in [0.717, 1.165) is 83.5 Å². The van der Waals surface area contributed by atoms with Crippen molar-refractivity contribution >= 4 is 39.0 Å². The number of fused-ring (bicyclic) bond motifs is 3. The van der Waals surface area contributed by atoms with Gasteiger partial charge in [0.1, 0.15) is 11.2 Å². The Labute approximate surface area is 334 Å². The average Bonchev–Trinajstić information content (AvgIpc) is 3.70. The van der Waals surface area contributed by atoms with Gasteiger partial charge in [0, 0.05) is 27.7 Å². The number of nitrogens with zero attached hydrogens (tertiary/aromatic N) is 1. The molecule has 0 amide bonds. The molecular weight excluding hydrogens is 679 g/mol. The van der Waals surface area contributed by atoms with E-state index in [9.17, 15) is 0 Å². The maximum Gasteiger partial charge on any atom is 0.136 e. The highest BCUT2D eigenvalue weighted by Crippen LogP contribution is 2.45. The Morgan fingerprint density at radius 1 is 0.339 bits per heavy atom. The van der Waals surface area contributed by atoms with Gasteiger partial charge in [0.15, 0.2) is 0 Å². The van der Waals surface area contributed by atoms with Crippen molar-refractivity contribution in [2.45, 2.75) is 0 Å². The predicted octanol–water partition coefficient (Wildman–Crippen LogP) is 15.4. The minimum atomic E-state index is -0.411. The van der Waals surface area contributed by atoms with Gasteiger partial charge in [-0.2, -0.15) is 0 Å². The Kier molecular flexibility index (Phi) is 7.24. The van der Waals surface area contributed by atoms with Crippen molar-refractivity contribution < 1.29 is 11.3 Å². The van der Waals surface area contributed by atoms with Crippen LogP contribution < -0.4 is 4.90 Å². The van der Waals surface area contributed by atoms with E-state index >= 15 is 0 Å². The number of hydrogen-bond acceptors (Lipinski definition) is 2. The zero-order valence-electron chi connectivity index (χ0n) is 35.3. The number of para-hydroxylation sites is 2. The van der Waals surface area contributed by atoms with E-state index in [1.165, 1.54) is 0 Å². The van der Waals surface area contributed by atoms with Crippen LogP contribution in [0.5, 0.6) is 0 Å². The van der Waals surface area contributed by atoms with Gasteiger partial charge in [0.25, 0.3) is 0 Å². The Bertz CT molecular complexity index is 3220. The second-order valence-corrected chi connectivity index (χ2v) is 13.7. The predicted molar refractivity (Wildman–Crippen MR) is 236 cm³/mol. The lowest BCUT2D eigenvalue weighted by molar-refractivity contribution is 0.669. The van der Waals surface area contributed by atoms with Crippen molar-refractivity contribution in [3.05, 3.63) is 224 Å². The van der Waals surface area contributed by atoms with Crippen LogP contribution in [0.15, 0.2) is 229 Å². The molecule has 264 valence electrons. The summed E-state index contributed by atoms with van der Waals surface area (Å²) >= 11 is 0. The lowest BCUT2D eigenvalue weighted by atomic mass is 9.88. The molecule has 56 heavy (non-hydrogen) atoms. The molecular formula is C54H37NO. The quantitative estimate of drug-likeness (QED) is 0.155. The first kappa shape index (κ1) is 28.1. The molecule has 0 N–H and O–H groups in total. The van der Waals surface area contributed by atoms with E-state index in [1.807, 2.05) is 54.6 Å². The molecule has 0 aliphatic rings. The topological polar surface area (TPSA) is 16.4 Å². The number of anilines is 3. The molecule has 10 rings (SSSR count). The second-order valence-electron chi connectivity index (χ2n) is 13.7. The van der Waals surface area contributed by atoms with Crippen molar-refractivity contribution in [2.75, 3.05) is 4.90 Å². The molecule has 0 saturated heterocycles. The lowest BCUT2D eigenvalue weighted by Crippen LogP contribution is -2.11. The van der Waals surface area contributed by atoms with Crippen molar-refractivity contribution in [1.29, 1.82) is 0 Å². The maximum atomic E-state index is 8.64. The molecule has 2 heteroatoms. The van der Waals surface area contributed by atoms with Crippen molar-refractivity contribution in [3.63, 3.8) is 0 Å². The van der Waals surface area contributed by atoms with Gasteiger partial charge in [-0.3, -0.25) is 0 Å². The van der Waals surface area contributed by atoms with Crippen LogP contribution in [0.4, 0.5) is 17.1 Å². The first-order chi connectivity index (χ1) is 29.9. The molecule has 0 spiro atoms. The molecule has 10 aromatic rings. The van der Waals surface area contributed by atoms with E-state index in [0.29, 0.717) is 5.56 Å². The highest BCUT2D eigenvalue weighted by molar-refractivity contribution is 6.06. The SMILES string of the molecule is [2H]c1c([2H])c([2H])c(-c2ccc(N(c3ccc(-c4ccc5c(c4)oc4ccccc45)cc3)c3ccccc3-c3ccccc3-c3ccccc3-c3ccccc3)cc2)c([2H])c1[2H]. The van der Waals surface area contributed by atoms with Crippen LogP contribution in [0.1, 0.15) is 6.85 Å². The summed E-state index contributed by atoms with van der Waals surface area (Å²) in [5.41, 5.74) is 13.8. The minimum absolute atomic E-state index is 0.168. The second kappa shape index (κ2) is 14.4. The molecule has 0 fully saturated rings. The maximum absolute atomic E-state index is 8.64. The smallest absolute Gasteiger partial charge is 0.136 e. The van der Waals surface area contributed by atoms with Crippen molar-refractivity contribution in [3.8, 4) is 55.6 Å². The first-order valence-corrected chi connectivity index (χ1v) is 18.7. The van der Waals surface area contributed by atoms with Gasteiger partial charge in [-0.05, 0) is 98.6 Å². The fraction of sp³-hybridized carbons (Fsp3) is 0. The zero-order chi connectivity index (χ0) is 41.6. The summed E-state index contributed by atoms with van der Waals surface area (Å²) in [6.45, 7) is 0. The molecule has 2 nitrogen and oxygen atoms in total. The molecule has 0 aliphatic heterocycles. The summed E-state index contributed by atoms with van der Waals surface area (Å²) < 4.78 is 48.2. The molecule has 0 unspecified atom stereocenters. The summed E-state index contributed by atoms with van der Waals surface area (Å²) in [5, 5.41) is 2.17. The van der Waals surface area contributed by atoms with Gasteiger partial charge in [-0.25, -0.2) is 0 Å². The largest absolute Gasteiger partial charge is 0.456 e. The molecule has 1 aromatic heterocycles. The van der Waals surface area contributed by atoms with E-state index in [1.54, 1.807) is 0 Å². The minimum Gasteiger partial charge on any atom is -0.456 e. The van der Waals surface area contributed by atoms with Gasteiger partial charge in [0.2, 0.25) is 0 Å². The molecule has 0 aliphatic carbocycles. The Morgan fingerprint density at radius 3 is 1.54 bits per heavy atom. The highest BCUT2D eigenvalue weighted by atomic mass is 16.3. The van der Waals surface area contributed by atoms with Crippen molar-refractivity contribution in [1.82, 2.24) is 0 Å². The third-order valence-corrected chi connectivity index (χ3v) is 10.4. The van der Waals surface area contributed by atoms with Crippen LogP contribution in [-0.4, -0.2) is 0 Å². The lowest BCUT2D eigenvalue weighted by Gasteiger charge is -2.29. The number of benzene rings is 9. The Hall–Kier alpha value is -7.42. The highest BCUT2D eigenvalue weighted by Gasteiger charge is 2.20. The van der Waals surface area contributed by atoms with Gasteiger partial charge in [0.05, 0.1) is 12.5 Å². The van der Waals surface area contributed by atoms with Gasteiger partial charge in [-0.15, -0.1) is 0 Å². The fourth-order valence-corrected chi connectivity index (χ4v) is 7.74. The third-order valence-electron chi connectivity index (χ3n) is 10.4. The first-order valence-electron chi connectivity index (χ1n) is 21.2. The van der Waals surface area contributed by atoms with Crippen LogP contribution in [-0.2, 0) is 0 Å². The summed E-state index contributed by atoms with van der Waals surface area (Å²) in [7, 11) is 0. The fourth-order valence-electron chi connectivity index (χ4n) is 7.74. The van der Waals surface area contributed by atoms with E-state index in [2.05, 4.69) is 144 Å². The van der Waals surface area contributed by atoms with E-state index < -0.39 is 6.04 Å². The molecule has 0 saturated carbocycles. The molecule has 9 aromatic carbocycles. The van der Waals surface area contributed by atoms with Crippen LogP contribution >= 0.6 is 0 Å². The number of furan rings is 1. The molecule has 1 heterocycles. The van der Waals surface area contributed by atoms with Gasteiger partial charge >= 0.3 is 0 Å². The van der Waals surface area contributed by atoms with Crippen LogP contribution in [0.2, 0.25) is 0 Å². The Morgan fingerprint density at radius 2 is 0.839 bits per heavy atom. The summed E-state index contributed by atoms with van der Waals surface area (Å²) in [5.74, 6) is 0. The van der Waals surface area contributed by atoms with Gasteiger partial charge < -0.3 is 9.32 Å². The average molecular weight is 721 g/mol. The summed E-state index contributed by atoms with van der Waals surface area (Å²) in [6, 6.07) is 64.8. The summed E-state index contributed by atoms with van der Waals surface area (Å²) in [6.07, 6.45) is 0. The van der Waals surface area contributed by atoms with Crippen LogP contribution in [0.25, 0.3) is 77.6 Å². The number of rotatable bonds is 8. The number of hydrogen-bond donors (Lipinski definition) is 0. The third kappa shape index (κ3) is 6.14. The molecule has 0 radical (unpaired) electrons. The van der Waals surface area contributed by atoms with Crippen LogP contribution in [0.3, 0.4) is 0 Å². The standard InChI is InChI=1S/C54H37NO/c1-3-15-38(16-4-1)39-27-32-43(33-28-39)55(44-34-29-40(30-35-44)42-31-36-51-50-24-12-14-26-53(50)56-54(51)37-42)52-25-13-11-23-49(52)48-22-10-9-21-47(48)46-20-8-7-19-45(46)41-17-5-2-6-18-41/h1-37H/i1D,3D,4D,15D,16D. The van der Waals surface area contributed by atoms with E-state index in [4.69, 9.17) is 11.3 Å².